The second-order valence-electron chi connectivity index (χ2n) is 3.58. The molecular weight excluding hydrogens is 312 g/mol. The smallest absolute Gasteiger partial charge is 0.195 e. The molecule has 92 valence electrons. The van der Waals surface area contributed by atoms with E-state index in [0.717, 1.165) is 20.0 Å². The van der Waals surface area contributed by atoms with Gasteiger partial charge >= 0.3 is 0 Å². The number of hydrogen-bond acceptors (Lipinski definition) is 3. The van der Waals surface area contributed by atoms with Crippen molar-refractivity contribution in [3.8, 4) is 5.75 Å². The second-order valence-corrected chi connectivity index (χ2v) is 6.04. The van der Waals surface area contributed by atoms with Crippen LogP contribution in [0.2, 0.25) is 0 Å². The van der Waals surface area contributed by atoms with Gasteiger partial charge in [0.1, 0.15) is 5.75 Å². The first-order valence-electron chi connectivity index (χ1n) is 5.31. The SMILES string of the molecule is COc1cccc(C=CC(=O)c2ccc(Br)s2)c1. The average Bonchev–Trinajstić information content (AvgIpc) is 2.83. The van der Waals surface area contributed by atoms with Crippen molar-refractivity contribution in [2.75, 3.05) is 7.11 Å². The van der Waals surface area contributed by atoms with Crippen LogP contribution in [0, 0.1) is 0 Å². The molecule has 0 radical (unpaired) electrons. The summed E-state index contributed by atoms with van der Waals surface area (Å²) < 4.78 is 6.09. The molecule has 0 saturated heterocycles. The molecule has 2 nitrogen and oxygen atoms in total. The van der Waals surface area contributed by atoms with E-state index in [0.29, 0.717) is 0 Å². The monoisotopic (exact) mass is 322 g/mol. The van der Waals surface area contributed by atoms with Gasteiger partial charge in [0, 0.05) is 0 Å². The van der Waals surface area contributed by atoms with Gasteiger partial charge in [0.25, 0.3) is 0 Å². The maximum absolute atomic E-state index is 11.9. The molecule has 0 saturated carbocycles. The minimum atomic E-state index is 0.00789. The molecular formula is C14H11BrO2S. The summed E-state index contributed by atoms with van der Waals surface area (Å²) in [4.78, 5) is 12.6. The van der Waals surface area contributed by atoms with Crippen molar-refractivity contribution < 1.29 is 9.53 Å². The van der Waals surface area contributed by atoms with Crippen LogP contribution in [0.4, 0.5) is 0 Å². The van der Waals surface area contributed by atoms with Crippen LogP contribution < -0.4 is 4.74 Å². The molecule has 18 heavy (non-hydrogen) atoms. The zero-order chi connectivity index (χ0) is 13.0. The first-order valence-corrected chi connectivity index (χ1v) is 6.92. The van der Waals surface area contributed by atoms with Crippen LogP contribution in [0.3, 0.4) is 0 Å². The third kappa shape index (κ3) is 3.31. The van der Waals surface area contributed by atoms with Gasteiger partial charge in [-0.2, -0.15) is 0 Å². The summed E-state index contributed by atoms with van der Waals surface area (Å²) in [6.45, 7) is 0. The molecule has 1 heterocycles. The van der Waals surface area contributed by atoms with Crippen LogP contribution in [0.15, 0.2) is 46.3 Å². The van der Waals surface area contributed by atoms with Gasteiger partial charge in [-0.05, 0) is 51.8 Å². The fourth-order valence-electron chi connectivity index (χ4n) is 1.45. The van der Waals surface area contributed by atoms with Crippen molar-refractivity contribution in [1.82, 2.24) is 0 Å². The molecule has 0 amide bonds. The van der Waals surface area contributed by atoms with Gasteiger partial charge in [0.15, 0.2) is 5.78 Å². The number of hydrogen-bond donors (Lipinski definition) is 0. The van der Waals surface area contributed by atoms with Crippen molar-refractivity contribution in [2.45, 2.75) is 0 Å². The first-order chi connectivity index (χ1) is 8.69. The van der Waals surface area contributed by atoms with E-state index in [1.54, 1.807) is 19.3 Å². The van der Waals surface area contributed by atoms with E-state index in [1.165, 1.54) is 11.3 Å². The molecule has 2 aromatic rings. The van der Waals surface area contributed by atoms with E-state index in [1.807, 2.05) is 36.4 Å². The molecule has 0 unspecified atom stereocenters. The van der Waals surface area contributed by atoms with E-state index in [9.17, 15) is 4.79 Å². The number of rotatable bonds is 4. The van der Waals surface area contributed by atoms with E-state index in [2.05, 4.69) is 15.9 Å². The van der Waals surface area contributed by atoms with Gasteiger partial charge < -0.3 is 4.74 Å². The Hall–Kier alpha value is -1.39. The van der Waals surface area contributed by atoms with E-state index < -0.39 is 0 Å². The highest BCUT2D eigenvalue weighted by Gasteiger charge is 2.04. The van der Waals surface area contributed by atoms with Crippen molar-refractivity contribution in [1.29, 1.82) is 0 Å². The van der Waals surface area contributed by atoms with E-state index in [-0.39, 0.29) is 5.78 Å². The predicted molar refractivity (Wildman–Crippen MR) is 78.4 cm³/mol. The van der Waals surface area contributed by atoms with Crippen molar-refractivity contribution in [2.24, 2.45) is 0 Å². The van der Waals surface area contributed by atoms with Gasteiger partial charge in [0.05, 0.1) is 15.8 Å². The summed E-state index contributed by atoms with van der Waals surface area (Å²) >= 11 is 4.77. The minimum absolute atomic E-state index is 0.00789. The fraction of sp³-hybridized carbons (Fsp3) is 0.0714. The molecule has 2 rings (SSSR count). The number of carbonyl (C=O) groups excluding carboxylic acids is 1. The summed E-state index contributed by atoms with van der Waals surface area (Å²) in [6, 6.07) is 11.3. The first kappa shape index (κ1) is 13.1. The summed E-state index contributed by atoms with van der Waals surface area (Å²) in [7, 11) is 1.62. The maximum Gasteiger partial charge on any atom is 0.195 e. The van der Waals surface area contributed by atoms with Crippen LogP contribution in [0.5, 0.6) is 5.75 Å². The molecule has 0 spiro atoms. The lowest BCUT2D eigenvalue weighted by atomic mass is 10.2. The lowest BCUT2D eigenvalue weighted by Crippen LogP contribution is -1.89. The molecule has 1 aromatic heterocycles. The van der Waals surface area contributed by atoms with Crippen LogP contribution in [0.1, 0.15) is 15.2 Å². The molecule has 0 aliphatic carbocycles. The van der Waals surface area contributed by atoms with Crippen molar-refractivity contribution in [3.63, 3.8) is 0 Å². The molecule has 0 fully saturated rings. The van der Waals surface area contributed by atoms with Crippen LogP contribution in [0.25, 0.3) is 6.08 Å². The number of ether oxygens (including phenoxy) is 1. The molecule has 0 aliphatic rings. The van der Waals surface area contributed by atoms with Crippen LogP contribution in [-0.2, 0) is 0 Å². The summed E-state index contributed by atoms with van der Waals surface area (Å²) in [5.74, 6) is 0.789. The highest BCUT2D eigenvalue weighted by molar-refractivity contribution is 9.11. The van der Waals surface area contributed by atoms with Crippen LogP contribution in [-0.4, -0.2) is 12.9 Å². The van der Waals surface area contributed by atoms with Crippen molar-refractivity contribution >= 4 is 39.1 Å². The standard InChI is InChI=1S/C14H11BrO2S/c1-17-11-4-2-3-10(9-11)5-6-12(16)13-7-8-14(15)18-13/h2-9H,1H3. The van der Waals surface area contributed by atoms with Gasteiger partial charge in [-0.15, -0.1) is 11.3 Å². The Bertz CT molecular complexity index is 587. The van der Waals surface area contributed by atoms with Crippen LogP contribution >= 0.6 is 27.3 Å². The molecule has 1 aromatic carbocycles. The summed E-state index contributed by atoms with van der Waals surface area (Å²) in [5.41, 5.74) is 0.943. The number of carbonyl (C=O) groups is 1. The number of benzene rings is 1. The summed E-state index contributed by atoms with van der Waals surface area (Å²) in [5, 5.41) is 0. The Morgan fingerprint density at radius 2 is 2.17 bits per heavy atom. The minimum Gasteiger partial charge on any atom is -0.497 e. The molecule has 0 N–H and O–H groups in total. The Morgan fingerprint density at radius 1 is 1.33 bits per heavy atom. The average molecular weight is 323 g/mol. The van der Waals surface area contributed by atoms with Crippen molar-refractivity contribution in [3.05, 3.63) is 56.7 Å². The summed E-state index contributed by atoms with van der Waals surface area (Å²) in [6.07, 6.45) is 3.37. The number of allylic oxidation sites excluding steroid dienone is 1. The molecule has 0 bridgehead atoms. The molecule has 0 atom stereocenters. The Morgan fingerprint density at radius 3 is 2.83 bits per heavy atom. The predicted octanol–water partition coefficient (Wildman–Crippen LogP) is 4.42. The topological polar surface area (TPSA) is 26.3 Å². The number of methoxy groups -OCH3 is 1. The third-order valence-electron chi connectivity index (χ3n) is 2.34. The fourth-order valence-corrected chi connectivity index (χ4v) is 2.75. The second kappa shape index (κ2) is 5.98. The highest BCUT2D eigenvalue weighted by Crippen LogP contribution is 2.23. The lowest BCUT2D eigenvalue weighted by molar-refractivity contribution is 0.105. The molecule has 0 aliphatic heterocycles. The molecule has 4 heteroatoms. The van der Waals surface area contributed by atoms with Gasteiger partial charge in [-0.1, -0.05) is 18.2 Å². The number of ketones is 1. The normalized spacial score (nSPS) is 10.8. The van der Waals surface area contributed by atoms with E-state index in [4.69, 9.17) is 4.74 Å². The van der Waals surface area contributed by atoms with E-state index >= 15 is 0 Å². The number of thiophene rings is 1. The Labute approximate surface area is 118 Å². The lowest BCUT2D eigenvalue weighted by Gasteiger charge is -1.99. The Kier molecular flexibility index (Phi) is 4.33. The van der Waals surface area contributed by atoms with Gasteiger partial charge in [-0.3, -0.25) is 4.79 Å². The zero-order valence-electron chi connectivity index (χ0n) is 9.72. The third-order valence-corrected chi connectivity index (χ3v) is 3.98. The Balaban J connectivity index is 2.12. The largest absolute Gasteiger partial charge is 0.497 e. The highest BCUT2D eigenvalue weighted by atomic mass is 79.9. The number of halogens is 1. The maximum atomic E-state index is 11.9. The zero-order valence-corrected chi connectivity index (χ0v) is 12.1. The quantitative estimate of drug-likeness (QED) is 0.615. The van der Waals surface area contributed by atoms with Gasteiger partial charge in [-0.25, -0.2) is 0 Å². The van der Waals surface area contributed by atoms with Gasteiger partial charge in [0.2, 0.25) is 0 Å².